The van der Waals surface area contributed by atoms with Crippen molar-refractivity contribution < 1.29 is 9.59 Å². The number of hydrogen-bond donors (Lipinski definition) is 2. The van der Waals surface area contributed by atoms with E-state index in [1.165, 1.54) is 21.5 Å². The lowest BCUT2D eigenvalue weighted by Crippen LogP contribution is -2.19. The Morgan fingerprint density at radius 2 is 0.783 bits per heavy atom. The lowest BCUT2D eigenvalue weighted by atomic mass is 10.2. The zero-order valence-corrected chi connectivity index (χ0v) is 25.1. The number of hydrogen-bond acceptors (Lipinski definition) is 4. The van der Waals surface area contributed by atoms with Crippen LogP contribution < -0.4 is 10.9 Å². The van der Waals surface area contributed by atoms with Crippen LogP contribution in [-0.4, -0.2) is 33.4 Å². The summed E-state index contributed by atoms with van der Waals surface area (Å²) in [6, 6.07) is 40.5. The van der Waals surface area contributed by atoms with Crippen molar-refractivity contribution in [2.45, 2.75) is 25.9 Å². The van der Waals surface area contributed by atoms with Gasteiger partial charge in [-0.15, -0.1) is 0 Å². The molecule has 2 heterocycles. The van der Waals surface area contributed by atoms with Crippen molar-refractivity contribution in [1.29, 1.82) is 0 Å². The minimum Gasteiger partial charge on any atom is -0.340 e. The highest BCUT2D eigenvalue weighted by Gasteiger charge is 2.12. The van der Waals surface area contributed by atoms with Crippen LogP contribution in [0.3, 0.4) is 0 Å². The zero-order chi connectivity index (χ0) is 31.3. The molecule has 0 unspecified atom stereocenters. The number of fused-ring (bicyclic) bond motifs is 6. The zero-order valence-electron chi connectivity index (χ0n) is 25.1. The van der Waals surface area contributed by atoms with E-state index >= 15 is 0 Å². The summed E-state index contributed by atoms with van der Waals surface area (Å²) in [6.07, 6.45) is 3.82. The lowest BCUT2D eigenvalue weighted by molar-refractivity contribution is -0.122. The van der Waals surface area contributed by atoms with E-state index in [9.17, 15) is 9.59 Å². The van der Waals surface area contributed by atoms with Crippen molar-refractivity contribution in [2.75, 3.05) is 0 Å². The molecular formula is C38H32N6O2. The van der Waals surface area contributed by atoms with E-state index in [1.54, 1.807) is 12.4 Å². The van der Waals surface area contributed by atoms with E-state index in [2.05, 4.69) is 78.7 Å². The molecule has 226 valence electrons. The number of carbonyl (C=O) groups excluding carboxylic acids is 2. The highest BCUT2D eigenvalue weighted by Crippen LogP contribution is 2.30. The Morgan fingerprint density at radius 3 is 1.11 bits per heavy atom. The van der Waals surface area contributed by atoms with Crippen LogP contribution in [0.25, 0.3) is 43.6 Å². The number of benzene rings is 5. The van der Waals surface area contributed by atoms with E-state index in [0.29, 0.717) is 25.9 Å². The quantitative estimate of drug-likeness (QED) is 0.130. The number of amides is 2. The summed E-state index contributed by atoms with van der Waals surface area (Å²) in [4.78, 5) is 25.1. The van der Waals surface area contributed by atoms with Gasteiger partial charge in [0.05, 0.1) is 12.4 Å². The van der Waals surface area contributed by atoms with Crippen molar-refractivity contribution in [3.63, 3.8) is 0 Å². The fourth-order valence-corrected chi connectivity index (χ4v) is 6.05. The molecule has 0 aliphatic heterocycles. The second-order valence-electron chi connectivity index (χ2n) is 11.1. The molecule has 2 aromatic heterocycles. The normalized spacial score (nSPS) is 11.8. The van der Waals surface area contributed by atoms with Gasteiger partial charge in [0.15, 0.2) is 0 Å². The molecule has 0 spiro atoms. The number of para-hydroxylation sites is 4. The summed E-state index contributed by atoms with van der Waals surface area (Å²) in [5, 5.41) is 13.0. The number of aryl methyl sites for hydroxylation is 2. The smallest absolute Gasteiger partial charge is 0.241 e. The average molecular weight is 605 g/mol. The first-order chi connectivity index (χ1) is 22.7. The first kappa shape index (κ1) is 28.7. The molecule has 2 amide bonds. The Kier molecular flexibility index (Phi) is 8.07. The van der Waals surface area contributed by atoms with Crippen LogP contribution in [-0.2, 0) is 22.7 Å². The minimum atomic E-state index is -0.157. The van der Waals surface area contributed by atoms with Gasteiger partial charge in [-0.05, 0) is 35.4 Å². The summed E-state index contributed by atoms with van der Waals surface area (Å²) < 4.78 is 4.37. The number of rotatable bonds is 10. The molecule has 8 nitrogen and oxygen atoms in total. The van der Waals surface area contributed by atoms with E-state index < -0.39 is 0 Å². The van der Waals surface area contributed by atoms with Gasteiger partial charge in [0.1, 0.15) is 0 Å². The molecule has 0 atom stereocenters. The number of nitrogens with zero attached hydrogens (tertiary/aromatic N) is 4. The van der Waals surface area contributed by atoms with E-state index in [0.717, 1.165) is 33.2 Å². The summed E-state index contributed by atoms with van der Waals surface area (Å²) in [7, 11) is 0. The van der Waals surface area contributed by atoms with Gasteiger partial charge >= 0.3 is 0 Å². The predicted octanol–water partition coefficient (Wildman–Crippen LogP) is 6.98. The van der Waals surface area contributed by atoms with Crippen LogP contribution in [0, 0.1) is 0 Å². The monoisotopic (exact) mass is 604 g/mol. The number of nitrogens with one attached hydrogen (secondary N) is 2. The molecule has 0 aliphatic carbocycles. The second-order valence-corrected chi connectivity index (χ2v) is 11.1. The van der Waals surface area contributed by atoms with Gasteiger partial charge in [0, 0.05) is 69.5 Å². The van der Waals surface area contributed by atoms with Crippen LogP contribution in [0.2, 0.25) is 0 Å². The highest BCUT2D eigenvalue weighted by molar-refractivity contribution is 6.09. The summed E-state index contributed by atoms with van der Waals surface area (Å²) in [6.45, 7) is 1.11. The van der Waals surface area contributed by atoms with E-state index in [1.807, 2.05) is 72.8 Å². The Hall–Kier alpha value is -6.02. The largest absolute Gasteiger partial charge is 0.340 e. The SMILES string of the molecule is O=C(CCn1c2ccccc2c2ccccc21)N/N=C\c1ccc(/C=N/NC(=O)CCn2c3ccccc3c3ccccc32)cc1. The van der Waals surface area contributed by atoms with Crippen LogP contribution in [0.5, 0.6) is 0 Å². The molecule has 8 heteroatoms. The van der Waals surface area contributed by atoms with Gasteiger partial charge in [0.2, 0.25) is 11.8 Å². The van der Waals surface area contributed by atoms with Gasteiger partial charge in [-0.25, -0.2) is 10.9 Å². The molecule has 0 saturated carbocycles. The third-order valence-electron chi connectivity index (χ3n) is 8.23. The maximum absolute atomic E-state index is 12.6. The van der Waals surface area contributed by atoms with Crippen molar-refractivity contribution in [3.8, 4) is 0 Å². The van der Waals surface area contributed by atoms with Gasteiger partial charge < -0.3 is 9.13 Å². The summed E-state index contributed by atoms with van der Waals surface area (Å²) >= 11 is 0. The van der Waals surface area contributed by atoms with Crippen LogP contribution >= 0.6 is 0 Å². The van der Waals surface area contributed by atoms with Crippen LogP contribution in [0.15, 0.2) is 132 Å². The maximum Gasteiger partial charge on any atom is 0.241 e. The number of carbonyl (C=O) groups is 2. The molecule has 0 bridgehead atoms. The van der Waals surface area contributed by atoms with Crippen LogP contribution in [0.1, 0.15) is 24.0 Å². The van der Waals surface area contributed by atoms with E-state index in [-0.39, 0.29) is 11.8 Å². The molecule has 0 saturated heterocycles. The minimum absolute atomic E-state index is 0.157. The Labute approximate surface area is 265 Å². The first-order valence-electron chi connectivity index (χ1n) is 15.3. The molecule has 0 fully saturated rings. The Bertz CT molecular complexity index is 1990. The topological polar surface area (TPSA) is 92.8 Å². The number of aromatic nitrogens is 2. The fraction of sp³-hybridized carbons (Fsp3) is 0.105. The molecule has 7 aromatic rings. The molecule has 46 heavy (non-hydrogen) atoms. The van der Waals surface area contributed by atoms with Gasteiger partial charge in [0.25, 0.3) is 0 Å². The van der Waals surface area contributed by atoms with Crippen molar-refractivity contribution >= 4 is 67.9 Å². The Balaban J connectivity index is 0.892. The third-order valence-corrected chi connectivity index (χ3v) is 8.23. The van der Waals surface area contributed by atoms with Crippen molar-refractivity contribution in [1.82, 2.24) is 20.0 Å². The van der Waals surface area contributed by atoms with Gasteiger partial charge in [-0.2, -0.15) is 10.2 Å². The standard InChI is InChI=1S/C38H32N6O2/c45-37(21-23-43-33-13-5-1-9-29(33)30-10-2-6-14-34(30)43)41-39-25-27-17-19-28(20-18-27)26-40-42-38(46)22-24-44-35-15-7-3-11-31(35)32-12-4-8-16-36(32)44/h1-20,25-26H,21-24H2,(H,41,45)(H,42,46)/b39-25-,40-26+. The Morgan fingerprint density at radius 1 is 0.478 bits per heavy atom. The van der Waals surface area contributed by atoms with Crippen molar-refractivity contribution in [3.05, 3.63) is 132 Å². The van der Waals surface area contributed by atoms with Crippen molar-refractivity contribution in [2.24, 2.45) is 10.2 Å². The van der Waals surface area contributed by atoms with Gasteiger partial charge in [-0.3, -0.25) is 9.59 Å². The first-order valence-corrected chi connectivity index (χ1v) is 15.3. The third kappa shape index (κ3) is 5.88. The molecule has 7 rings (SSSR count). The fourth-order valence-electron chi connectivity index (χ4n) is 6.05. The molecular weight excluding hydrogens is 572 g/mol. The maximum atomic E-state index is 12.6. The number of hydrazone groups is 2. The van der Waals surface area contributed by atoms with Gasteiger partial charge in [-0.1, -0.05) is 97.1 Å². The molecule has 2 N–H and O–H groups in total. The lowest BCUT2D eigenvalue weighted by Gasteiger charge is -2.07. The molecule has 0 radical (unpaired) electrons. The summed E-state index contributed by atoms with van der Waals surface area (Å²) in [5.41, 5.74) is 11.4. The average Bonchev–Trinajstić information content (AvgIpc) is 3.59. The summed E-state index contributed by atoms with van der Waals surface area (Å²) in [5.74, 6) is -0.313. The van der Waals surface area contributed by atoms with E-state index in [4.69, 9.17) is 0 Å². The predicted molar refractivity (Wildman–Crippen MR) is 186 cm³/mol. The molecule has 0 aliphatic rings. The van der Waals surface area contributed by atoms with Crippen LogP contribution in [0.4, 0.5) is 0 Å². The second kappa shape index (κ2) is 12.9. The highest BCUT2D eigenvalue weighted by atomic mass is 16.2. The molecule has 5 aromatic carbocycles.